The van der Waals surface area contributed by atoms with Crippen molar-refractivity contribution < 1.29 is 0 Å². The van der Waals surface area contributed by atoms with Crippen molar-refractivity contribution in [3.8, 4) is 11.3 Å². The second-order valence-electron chi connectivity index (χ2n) is 3.15. The lowest BCUT2D eigenvalue weighted by Gasteiger charge is -1.98. The van der Waals surface area contributed by atoms with Crippen LogP contribution in [0.1, 0.15) is 0 Å². The fourth-order valence-corrected chi connectivity index (χ4v) is 1.27. The van der Waals surface area contributed by atoms with Crippen molar-refractivity contribution in [2.45, 2.75) is 0 Å². The summed E-state index contributed by atoms with van der Waals surface area (Å²) < 4.78 is 1.31. The zero-order chi connectivity index (χ0) is 10.8. The first kappa shape index (κ1) is 9.26. The van der Waals surface area contributed by atoms with Gasteiger partial charge in [-0.3, -0.25) is 5.41 Å². The number of rotatable bonds is 1. The third kappa shape index (κ3) is 1.80. The van der Waals surface area contributed by atoms with E-state index >= 15 is 0 Å². The van der Waals surface area contributed by atoms with Gasteiger partial charge in [0.25, 0.3) is 0 Å². The lowest BCUT2D eigenvalue weighted by Crippen LogP contribution is -2.20. The zero-order valence-corrected chi connectivity index (χ0v) is 8.01. The van der Waals surface area contributed by atoms with E-state index in [1.807, 2.05) is 24.3 Å². The maximum absolute atomic E-state index is 7.20. The molecule has 0 unspecified atom stereocenters. The summed E-state index contributed by atoms with van der Waals surface area (Å²) in [7, 11) is 0. The quantitative estimate of drug-likeness (QED) is 0.363. The second-order valence-corrected chi connectivity index (χ2v) is 3.15. The maximum Gasteiger partial charge on any atom is 0.213 e. The molecule has 0 saturated heterocycles. The molecule has 0 radical (unpaired) electrons. The van der Waals surface area contributed by atoms with Crippen LogP contribution in [0.15, 0.2) is 36.5 Å². The maximum atomic E-state index is 7.20. The Bertz CT molecular complexity index is 483. The molecule has 0 atom stereocenters. The highest BCUT2D eigenvalue weighted by Gasteiger charge is 2.02. The fraction of sp³-hybridized carbons (Fsp3) is 0. The molecule has 5 N–H and O–H groups in total. The van der Waals surface area contributed by atoms with E-state index in [0.717, 1.165) is 11.3 Å². The third-order valence-corrected chi connectivity index (χ3v) is 2.04. The van der Waals surface area contributed by atoms with Crippen molar-refractivity contribution in [1.29, 1.82) is 5.41 Å². The number of hydrogen-bond acceptors (Lipinski definition) is 3. The van der Waals surface area contributed by atoms with Crippen LogP contribution in [0, 0.1) is 5.41 Å². The number of nitrogens with two attached hydrogens (primary N) is 2. The molecule has 1 aromatic heterocycles. The molecule has 5 heteroatoms. The summed E-state index contributed by atoms with van der Waals surface area (Å²) in [6, 6.07) is 9.17. The van der Waals surface area contributed by atoms with Gasteiger partial charge in [0.2, 0.25) is 5.96 Å². The predicted octanol–water partition coefficient (Wildman–Crippen LogP) is 0.874. The van der Waals surface area contributed by atoms with Gasteiger partial charge in [-0.05, 0) is 18.2 Å². The highest BCUT2D eigenvalue weighted by molar-refractivity contribution is 5.77. The van der Waals surface area contributed by atoms with Crippen LogP contribution in [-0.2, 0) is 0 Å². The first-order chi connectivity index (χ1) is 7.16. The van der Waals surface area contributed by atoms with Crippen LogP contribution in [0.2, 0.25) is 0 Å². The molecule has 2 aromatic rings. The lowest BCUT2D eigenvalue weighted by atomic mass is 10.1. The minimum Gasteiger partial charge on any atom is -0.399 e. The van der Waals surface area contributed by atoms with E-state index in [9.17, 15) is 0 Å². The van der Waals surface area contributed by atoms with E-state index in [-0.39, 0.29) is 5.96 Å². The van der Waals surface area contributed by atoms with Crippen molar-refractivity contribution in [3.63, 3.8) is 0 Å². The van der Waals surface area contributed by atoms with E-state index in [1.54, 1.807) is 12.3 Å². The average Bonchev–Trinajstić information content (AvgIpc) is 2.68. The minimum atomic E-state index is -0.100. The third-order valence-electron chi connectivity index (χ3n) is 2.04. The summed E-state index contributed by atoms with van der Waals surface area (Å²) in [5.74, 6) is -0.100. The van der Waals surface area contributed by atoms with Crippen molar-refractivity contribution in [2.75, 3.05) is 5.73 Å². The van der Waals surface area contributed by atoms with E-state index in [2.05, 4.69) is 5.10 Å². The summed E-state index contributed by atoms with van der Waals surface area (Å²) in [5.41, 5.74) is 13.3. The molecule has 0 fully saturated rings. The van der Waals surface area contributed by atoms with Crippen LogP contribution >= 0.6 is 0 Å². The summed E-state index contributed by atoms with van der Waals surface area (Å²) >= 11 is 0. The molecule has 0 spiro atoms. The predicted molar refractivity (Wildman–Crippen MR) is 59.4 cm³/mol. The van der Waals surface area contributed by atoms with Gasteiger partial charge in [-0.15, -0.1) is 0 Å². The Morgan fingerprint density at radius 2 is 1.87 bits per heavy atom. The number of nitrogens with zero attached hydrogens (tertiary/aromatic N) is 2. The molecular formula is C10H11N5. The Morgan fingerprint density at radius 3 is 2.40 bits per heavy atom. The summed E-state index contributed by atoms with van der Waals surface area (Å²) in [5, 5.41) is 11.3. The summed E-state index contributed by atoms with van der Waals surface area (Å²) in [6.45, 7) is 0. The Morgan fingerprint density at radius 1 is 1.20 bits per heavy atom. The molecule has 0 aliphatic heterocycles. The Balaban J connectivity index is 2.37. The van der Waals surface area contributed by atoms with Crippen LogP contribution in [0.4, 0.5) is 5.69 Å². The van der Waals surface area contributed by atoms with Gasteiger partial charge in [0, 0.05) is 17.4 Å². The molecule has 5 nitrogen and oxygen atoms in total. The molecule has 1 heterocycles. The smallest absolute Gasteiger partial charge is 0.213 e. The van der Waals surface area contributed by atoms with Crippen LogP contribution in [-0.4, -0.2) is 15.7 Å². The number of benzene rings is 1. The van der Waals surface area contributed by atoms with Gasteiger partial charge in [0.1, 0.15) is 0 Å². The van der Waals surface area contributed by atoms with E-state index < -0.39 is 0 Å². The van der Waals surface area contributed by atoms with Crippen LogP contribution < -0.4 is 11.5 Å². The highest BCUT2D eigenvalue weighted by atomic mass is 15.3. The Kier molecular flexibility index (Phi) is 2.13. The number of anilines is 1. The van der Waals surface area contributed by atoms with Crippen molar-refractivity contribution in [1.82, 2.24) is 9.78 Å². The average molecular weight is 201 g/mol. The molecular weight excluding hydrogens is 190 g/mol. The largest absolute Gasteiger partial charge is 0.399 e. The van der Waals surface area contributed by atoms with Crippen LogP contribution in [0.5, 0.6) is 0 Å². The van der Waals surface area contributed by atoms with Gasteiger partial charge >= 0.3 is 0 Å². The van der Waals surface area contributed by atoms with Gasteiger partial charge in [0.05, 0.1) is 5.69 Å². The fourth-order valence-electron chi connectivity index (χ4n) is 1.27. The Hall–Kier alpha value is -2.30. The van der Waals surface area contributed by atoms with Gasteiger partial charge in [0.15, 0.2) is 0 Å². The number of hydrogen-bond donors (Lipinski definition) is 3. The minimum absolute atomic E-state index is 0.100. The van der Waals surface area contributed by atoms with Crippen LogP contribution in [0.3, 0.4) is 0 Å². The van der Waals surface area contributed by atoms with Gasteiger partial charge in [-0.1, -0.05) is 12.1 Å². The van der Waals surface area contributed by atoms with Gasteiger partial charge in [-0.2, -0.15) is 5.10 Å². The van der Waals surface area contributed by atoms with Crippen LogP contribution in [0.25, 0.3) is 11.3 Å². The van der Waals surface area contributed by atoms with Crippen molar-refractivity contribution in [2.24, 2.45) is 5.73 Å². The first-order valence-electron chi connectivity index (χ1n) is 4.43. The van der Waals surface area contributed by atoms with E-state index in [1.165, 1.54) is 4.68 Å². The second kappa shape index (κ2) is 3.45. The Labute approximate surface area is 86.8 Å². The van der Waals surface area contributed by atoms with E-state index in [4.69, 9.17) is 16.9 Å². The molecule has 0 amide bonds. The van der Waals surface area contributed by atoms with Crippen molar-refractivity contribution in [3.05, 3.63) is 36.5 Å². The van der Waals surface area contributed by atoms with Crippen molar-refractivity contribution >= 4 is 11.6 Å². The highest BCUT2D eigenvalue weighted by Crippen LogP contribution is 2.17. The normalized spacial score (nSPS) is 10.1. The first-order valence-corrected chi connectivity index (χ1v) is 4.43. The van der Waals surface area contributed by atoms with Gasteiger partial charge in [-0.25, -0.2) is 4.68 Å². The summed E-state index contributed by atoms with van der Waals surface area (Å²) in [6.07, 6.45) is 1.65. The monoisotopic (exact) mass is 201 g/mol. The van der Waals surface area contributed by atoms with Gasteiger partial charge < -0.3 is 11.5 Å². The molecule has 76 valence electrons. The number of nitrogen functional groups attached to an aromatic ring is 2. The lowest BCUT2D eigenvalue weighted by molar-refractivity contribution is 0.915. The molecule has 15 heavy (non-hydrogen) atoms. The number of nitrogens with one attached hydrogen (secondary N) is 1. The molecule has 0 bridgehead atoms. The number of aromatic nitrogens is 2. The molecule has 0 aliphatic rings. The van der Waals surface area contributed by atoms with E-state index in [0.29, 0.717) is 5.69 Å². The summed E-state index contributed by atoms with van der Waals surface area (Å²) in [4.78, 5) is 0. The molecule has 0 aliphatic carbocycles. The zero-order valence-electron chi connectivity index (χ0n) is 8.01. The SMILES string of the molecule is N=C(N)n1ccc(-c2ccc(N)cc2)n1. The molecule has 0 saturated carbocycles. The topological polar surface area (TPSA) is 93.7 Å². The standard InChI is InChI=1S/C10H11N5/c11-8-3-1-7(2-4-8)9-5-6-15(14-9)10(12)13/h1-6H,11H2,(H3,12,13). The molecule has 1 aromatic carbocycles. The molecule has 2 rings (SSSR count).